The predicted molar refractivity (Wildman–Crippen MR) is 116 cm³/mol. The van der Waals surface area contributed by atoms with Gasteiger partial charge in [-0.2, -0.15) is 0 Å². The van der Waals surface area contributed by atoms with E-state index in [0.717, 1.165) is 5.56 Å². The number of carbonyl (C=O) groups excluding carboxylic acids is 1. The minimum atomic E-state index is -0.742. The molecule has 4 aromatic rings. The van der Waals surface area contributed by atoms with E-state index in [0.29, 0.717) is 22.3 Å². The lowest BCUT2D eigenvalue weighted by Crippen LogP contribution is -2.16. The molecule has 30 heavy (non-hydrogen) atoms. The monoisotopic (exact) mass is 420 g/mol. The fraction of sp³-hybridized carbons (Fsp3) is 0.0833. The molecular formula is C24H17ClO5. The zero-order chi connectivity index (χ0) is 21.3. The highest BCUT2D eigenvalue weighted by Crippen LogP contribution is 2.33. The Hall–Kier alpha value is -3.57. The number of aryl methyl sites for hydroxylation is 1. The first-order valence-corrected chi connectivity index (χ1v) is 9.54. The van der Waals surface area contributed by atoms with Crippen LogP contribution in [0.2, 0.25) is 5.02 Å². The van der Waals surface area contributed by atoms with Gasteiger partial charge in [0.1, 0.15) is 11.3 Å². The lowest BCUT2D eigenvalue weighted by molar-refractivity contribution is 0.0731. The van der Waals surface area contributed by atoms with E-state index in [1.54, 1.807) is 67.8 Å². The molecule has 0 aliphatic heterocycles. The fourth-order valence-electron chi connectivity index (χ4n) is 3.08. The van der Waals surface area contributed by atoms with Gasteiger partial charge in [-0.3, -0.25) is 4.79 Å². The highest BCUT2D eigenvalue weighted by molar-refractivity contribution is 6.33. The van der Waals surface area contributed by atoms with Crippen molar-refractivity contribution in [2.24, 2.45) is 0 Å². The number of rotatable bonds is 4. The minimum Gasteiger partial charge on any atom is -0.497 e. The first-order valence-electron chi connectivity index (χ1n) is 9.16. The average Bonchev–Trinajstić information content (AvgIpc) is 2.75. The molecule has 0 N–H and O–H groups in total. The first-order chi connectivity index (χ1) is 14.5. The van der Waals surface area contributed by atoms with Crippen molar-refractivity contribution in [2.75, 3.05) is 7.11 Å². The normalized spacial score (nSPS) is 10.8. The second-order valence-corrected chi connectivity index (χ2v) is 7.09. The summed E-state index contributed by atoms with van der Waals surface area (Å²) in [5, 5.41) is 0.550. The van der Waals surface area contributed by atoms with Gasteiger partial charge in [0.2, 0.25) is 11.2 Å². The molecule has 4 rings (SSSR count). The quantitative estimate of drug-likeness (QED) is 0.399. The Labute approximate surface area is 177 Å². The molecule has 6 heteroatoms. The zero-order valence-corrected chi connectivity index (χ0v) is 17.0. The molecule has 150 valence electrons. The molecule has 0 bridgehead atoms. The molecule has 0 saturated heterocycles. The fourth-order valence-corrected chi connectivity index (χ4v) is 3.30. The highest BCUT2D eigenvalue weighted by Gasteiger charge is 2.22. The van der Waals surface area contributed by atoms with Crippen LogP contribution >= 0.6 is 11.6 Å². The number of fused-ring (bicyclic) bond motifs is 1. The SMILES string of the molecule is COc1ccc(-c2oc3cc(C)ccc3c(=O)c2OC(=O)c2ccccc2Cl)cc1. The van der Waals surface area contributed by atoms with Crippen molar-refractivity contribution in [3.8, 4) is 22.8 Å². The summed E-state index contributed by atoms with van der Waals surface area (Å²) in [4.78, 5) is 26.0. The summed E-state index contributed by atoms with van der Waals surface area (Å²) in [6, 6.07) is 18.6. The van der Waals surface area contributed by atoms with E-state index in [9.17, 15) is 9.59 Å². The van der Waals surface area contributed by atoms with Gasteiger partial charge in [0, 0.05) is 5.56 Å². The summed E-state index contributed by atoms with van der Waals surface area (Å²) in [6.45, 7) is 1.90. The van der Waals surface area contributed by atoms with Crippen molar-refractivity contribution in [3.05, 3.63) is 93.1 Å². The third-order valence-electron chi connectivity index (χ3n) is 4.65. The molecule has 0 aliphatic carbocycles. The van der Waals surface area contributed by atoms with Crippen molar-refractivity contribution in [1.29, 1.82) is 0 Å². The summed E-state index contributed by atoms with van der Waals surface area (Å²) in [5.74, 6) is -0.135. The van der Waals surface area contributed by atoms with E-state index in [1.807, 2.05) is 6.92 Å². The van der Waals surface area contributed by atoms with Crippen LogP contribution in [0.1, 0.15) is 15.9 Å². The molecular weight excluding hydrogens is 404 g/mol. The van der Waals surface area contributed by atoms with Crippen molar-refractivity contribution >= 4 is 28.5 Å². The molecule has 0 saturated carbocycles. The van der Waals surface area contributed by atoms with Crippen LogP contribution in [0, 0.1) is 6.92 Å². The minimum absolute atomic E-state index is 0.154. The maximum atomic E-state index is 13.2. The van der Waals surface area contributed by atoms with Gasteiger partial charge in [0.15, 0.2) is 5.76 Å². The number of carbonyl (C=O) groups is 1. The molecule has 0 amide bonds. The standard InChI is InChI=1S/C24H17ClO5/c1-14-7-12-18-20(13-14)29-22(15-8-10-16(28-2)11-9-15)23(21(18)26)30-24(27)17-5-3-4-6-19(17)25/h3-13H,1-2H3. The molecule has 1 heterocycles. The second-order valence-electron chi connectivity index (χ2n) is 6.69. The van der Waals surface area contributed by atoms with Crippen LogP contribution in [0.4, 0.5) is 0 Å². The largest absolute Gasteiger partial charge is 0.497 e. The van der Waals surface area contributed by atoms with Gasteiger partial charge in [-0.25, -0.2) is 4.79 Å². The van der Waals surface area contributed by atoms with Gasteiger partial charge in [-0.1, -0.05) is 29.8 Å². The Morgan fingerprint density at radius 1 is 1.00 bits per heavy atom. The topological polar surface area (TPSA) is 65.7 Å². The molecule has 0 atom stereocenters. The Kier molecular flexibility index (Phi) is 5.29. The number of benzene rings is 3. The molecule has 0 unspecified atom stereocenters. The third-order valence-corrected chi connectivity index (χ3v) is 4.98. The smallest absolute Gasteiger partial charge is 0.345 e. The molecule has 5 nitrogen and oxygen atoms in total. The molecule has 1 aromatic heterocycles. The predicted octanol–water partition coefficient (Wildman–Crippen LogP) is 5.65. The summed E-state index contributed by atoms with van der Waals surface area (Å²) in [5.41, 5.74) is 1.62. The van der Waals surface area contributed by atoms with Gasteiger partial charge < -0.3 is 13.9 Å². The summed E-state index contributed by atoms with van der Waals surface area (Å²) in [6.07, 6.45) is 0. The number of hydrogen-bond acceptors (Lipinski definition) is 5. The highest BCUT2D eigenvalue weighted by atomic mass is 35.5. The van der Waals surface area contributed by atoms with Gasteiger partial charge in [0.25, 0.3) is 0 Å². The van der Waals surface area contributed by atoms with Crippen LogP contribution in [-0.4, -0.2) is 13.1 Å². The van der Waals surface area contributed by atoms with Crippen molar-refractivity contribution < 1.29 is 18.7 Å². The molecule has 0 fully saturated rings. The van der Waals surface area contributed by atoms with Crippen LogP contribution in [0.5, 0.6) is 11.5 Å². The number of hydrogen-bond donors (Lipinski definition) is 0. The Morgan fingerprint density at radius 2 is 1.73 bits per heavy atom. The van der Waals surface area contributed by atoms with E-state index >= 15 is 0 Å². The van der Waals surface area contributed by atoms with Crippen LogP contribution in [0.3, 0.4) is 0 Å². The van der Waals surface area contributed by atoms with Crippen molar-refractivity contribution in [3.63, 3.8) is 0 Å². The Morgan fingerprint density at radius 3 is 2.43 bits per heavy atom. The molecule has 0 radical (unpaired) electrons. The van der Waals surface area contributed by atoms with Gasteiger partial charge in [-0.15, -0.1) is 0 Å². The van der Waals surface area contributed by atoms with E-state index in [1.165, 1.54) is 6.07 Å². The van der Waals surface area contributed by atoms with Crippen molar-refractivity contribution in [1.82, 2.24) is 0 Å². The second kappa shape index (κ2) is 8.05. The third kappa shape index (κ3) is 3.67. The summed E-state index contributed by atoms with van der Waals surface area (Å²) < 4.78 is 16.7. The Bertz CT molecular complexity index is 1310. The summed E-state index contributed by atoms with van der Waals surface area (Å²) >= 11 is 6.11. The lowest BCUT2D eigenvalue weighted by Gasteiger charge is -2.12. The Balaban J connectivity index is 1.90. The van der Waals surface area contributed by atoms with Crippen LogP contribution in [0.25, 0.3) is 22.3 Å². The van der Waals surface area contributed by atoms with E-state index in [2.05, 4.69) is 0 Å². The first kappa shape index (κ1) is 19.7. The van der Waals surface area contributed by atoms with Gasteiger partial charge in [0.05, 0.1) is 23.1 Å². The number of esters is 1. The molecule has 0 spiro atoms. The van der Waals surface area contributed by atoms with Crippen LogP contribution < -0.4 is 14.9 Å². The molecule has 0 aliphatic rings. The lowest BCUT2D eigenvalue weighted by atomic mass is 10.1. The van der Waals surface area contributed by atoms with Gasteiger partial charge in [-0.05, 0) is 61.0 Å². The average molecular weight is 421 g/mol. The van der Waals surface area contributed by atoms with Gasteiger partial charge >= 0.3 is 5.97 Å². The maximum Gasteiger partial charge on any atom is 0.345 e. The number of methoxy groups -OCH3 is 1. The number of halogens is 1. The summed E-state index contributed by atoms with van der Waals surface area (Å²) in [7, 11) is 1.56. The zero-order valence-electron chi connectivity index (χ0n) is 16.3. The van der Waals surface area contributed by atoms with Crippen LogP contribution in [0.15, 0.2) is 75.9 Å². The molecule has 3 aromatic carbocycles. The van der Waals surface area contributed by atoms with Crippen LogP contribution in [-0.2, 0) is 0 Å². The number of ether oxygens (including phenoxy) is 2. The van der Waals surface area contributed by atoms with Crippen molar-refractivity contribution in [2.45, 2.75) is 6.92 Å². The van der Waals surface area contributed by atoms with E-state index in [-0.39, 0.29) is 22.1 Å². The van der Waals surface area contributed by atoms with E-state index < -0.39 is 11.4 Å². The van der Waals surface area contributed by atoms with E-state index in [4.69, 9.17) is 25.5 Å². The maximum absolute atomic E-state index is 13.2.